The molecule has 0 spiro atoms. The largest absolute Gasteiger partial charge is 0.491 e. The van der Waals surface area contributed by atoms with E-state index in [1.165, 1.54) is 12.1 Å². The van der Waals surface area contributed by atoms with E-state index in [1.54, 1.807) is 6.92 Å². The first-order valence-electron chi connectivity index (χ1n) is 11.9. The Morgan fingerprint density at radius 1 is 1.10 bits per heavy atom. The summed E-state index contributed by atoms with van der Waals surface area (Å²) in [7, 11) is 0. The summed E-state index contributed by atoms with van der Waals surface area (Å²) in [6.45, 7) is 0.111. The van der Waals surface area contributed by atoms with Crippen molar-refractivity contribution in [3.8, 4) is 17.0 Å². The van der Waals surface area contributed by atoms with E-state index in [9.17, 15) is 36.6 Å². The van der Waals surface area contributed by atoms with Crippen LogP contribution in [-0.4, -0.2) is 46.2 Å². The monoisotopic (exact) mass is 579 g/mol. The van der Waals surface area contributed by atoms with Gasteiger partial charge in [-0.2, -0.15) is 18.2 Å². The van der Waals surface area contributed by atoms with E-state index in [0.717, 1.165) is 24.3 Å². The maximum absolute atomic E-state index is 14.4. The summed E-state index contributed by atoms with van der Waals surface area (Å²) in [6.07, 6.45) is -6.03. The minimum absolute atomic E-state index is 0.0126. The maximum Gasteiger partial charge on any atom is 0.424 e. The molecule has 0 fully saturated rings. The van der Waals surface area contributed by atoms with Gasteiger partial charge in [0.1, 0.15) is 22.8 Å². The molecule has 2 aromatic heterocycles. The Morgan fingerprint density at radius 2 is 1.78 bits per heavy atom. The fraction of sp³-hybridized carbons (Fsp3) is 0.231. The van der Waals surface area contributed by atoms with Gasteiger partial charge in [0, 0.05) is 16.7 Å². The fourth-order valence-corrected chi connectivity index (χ4v) is 4.01. The zero-order valence-corrected chi connectivity index (χ0v) is 21.2. The summed E-state index contributed by atoms with van der Waals surface area (Å²) in [5, 5.41) is 12.9. The van der Waals surface area contributed by atoms with Crippen molar-refractivity contribution in [1.29, 1.82) is 0 Å². The van der Waals surface area contributed by atoms with Gasteiger partial charge in [0.15, 0.2) is 11.4 Å². The van der Waals surface area contributed by atoms with E-state index >= 15 is 0 Å². The van der Waals surface area contributed by atoms with Gasteiger partial charge in [-0.25, -0.2) is 13.8 Å². The Labute approximate surface area is 228 Å². The van der Waals surface area contributed by atoms with Crippen molar-refractivity contribution in [1.82, 2.24) is 15.3 Å². The van der Waals surface area contributed by atoms with Gasteiger partial charge in [-0.15, -0.1) is 0 Å². The number of hydrogen-bond donors (Lipinski definition) is 4. The van der Waals surface area contributed by atoms with E-state index in [2.05, 4.69) is 9.97 Å². The Bertz CT molecular complexity index is 1620. The minimum atomic E-state index is -5.43. The number of carbonyl (C=O) groups is 2. The molecule has 0 aliphatic heterocycles. The number of ether oxygens (including phenoxy) is 1. The van der Waals surface area contributed by atoms with Gasteiger partial charge in [-0.05, 0) is 49.4 Å². The van der Waals surface area contributed by atoms with Gasteiger partial charge in [-0.1, -0.05) is 0 Å². The smallest absolute Gasteiger partial charge is 0.424 e. The number of oxazole rings is 1. The van der Waals surface area contributed by atoms with Gasteiger partial charge in [-0.3, -0.25) is 9.59 Å². The van der Waals surface area contributed by atoms with Crippen LogP contribution in [0.3, 0.4) is 0 Å². The van der Waals surface area contributed by atoms with E-state index in [-0.39, 0.29) is 40.3 Å². The Balaban J connectivity index is 1.80. The lowest BCUT2D eigenvalue weighted by Crippen LogP contribution is -2.51. The Kier molecular flexibility index (Phi) is 7.83. The minimum Gasteiger partial charge on any atom is -0.491 e. The Morgan fingerprint density at radius 3 is 2.39 bits per heavy atom. The number of hydrogen-bond acceptors (Lipinski definition) is 8. The van der Waals surface area contributed by atoms with Gasteiger partial charge >= 0.3 is 6.18 Å². The van der Waals surface area contributed by atoms with E-state index < -0.39 is 65.5 Å². The van der Waals surface area contributed by atoms with Crippen LogP contribution in [0.25, 0.3) is 22.4 Å². The molecule has 41 heavy (non-hydrogen) atoms. The molecule has 0 aliphatic carbocycles. The summed E-state index contributed by atoms with van der Waals surface area (Å²) in [6, 6.07) is 6.61. The van der Waals surface area contributed by atoms with Crippen LogP contribution in [-0.2, 0) is 16.8 Å². The molecule has 2 heterocycles. The summed E-state index contributed by atoms with van der Waals surface area (Å²) in [5.41, 5.74) is 4.60. The molecule has 216 valence electrons. The standard InChI is InChI=1S/C26H22F5N5O5/c1-2-40-21-13(10-19(32)37)9-18(36-20(21)12-3-5-15(27)6-4-12)25(39,26(29,30)31)11-34-23(38)14-7-16(28)22-17(8-14)35-24(33)41-22/h3-9,39H,2,10-11H2,1H3,(H2,32,37)(H2,33,35)(H,34,38)/t25-/m0/s1. The van der Waals surface area contributed by atoms with Crippen molar-refractivity contribution in [2.24, 2.45) is 5.73 Å². The summed E-state index contributed by atoms with van der Waals surface area (Å²) in [5.74, 6) is -3.92. The lowest BCUT2D eigenvalue weighted by molar-refractivity contribution is -0.265. The first-order valence-corrected chi connectivity index (χ1v) is 11.9. The summed E-state index contributed by atoms with van der Waals surface area (Å²) >= 11 is 0. The number of primary amides is 1. The van der Waals surface area contributed by atoms with Crippen LogP contribution >= 0.6 is 0 Å². The number of carbonyl (C=O) groups excluding carboxylic acids is 2. The quantitative estimate of drug-likeness (QED) is 0.219. The van der Waals surface area contributed by atoms with Crippen LogP contribution < -0.4 is 21.5 Å². The van der Waals surface area contributed by atoms with Gasteiger partial charge in [0.25, 0.3) is 11.9 Å². The van der Waals surface area contributed by atoms with Crippen LogP contribution in [0.1, 0.15) is 28.5 Å². The molecule has 4 rings (SSSR count). The number of nitrogen functional groups attached to an aromatic ring is 1. The molecule has 0 radical (unpaired) electrons. The first-order chi connectivity index (χ1) is 19.2. The molecule has 0 bridgehead atoms. The number of aliphatic hydroxyl groups is 1. The van der Waals surface area contributed by atoms with Crippen molar-refractivity contribution in [3.63, 3.8) is 0 Å². The number of benzene rings is 2. The molecular formula is C26H22F5N5O5. The van der Waals surface area contributed by atoms with Crippen LogP contribution in [0.2, 0.25) is 0 Å². The number of aromatic nitrogens is 2. The lowest BCUT2D eigenvalue weighted by atomic mass is 9.93. The van der Waals surface area contributed by atoms with E-state index in [0.29, 0.717) is 6.07 Å². The number of halogens is 5. The molecule has 6 N–H and O–H groups in total. The van der Waals surface area contributed by atoms with Crippen LogP contribution in [0.5, 0.6) is 5.75 Å². The number of nitrogens with zero attached hydrogens (tertiary/aromatic N) is 2. The summed E-state index contributed by atoms with van der Waals surface area (Å²) < 4.78 is 81.7. The van der Waals surface area contributed by atoms with Crippen molar-refractivity contribution in [2.75, 3.05) is 18.9 Å². The summed E-state index contributed by atoms with van der Waals surface area (Å²) in [4.78, 5) is 32.2. The second-order valence-corrected chi connectivity index (χ2v) is 8.83. The number of fused-ring (bicyclic) bond motifs is 1. The highest BCUT2D eigenvalue weighted by atomic mass is 19.4. The maximum atomic E-state index is 14.4. The highest BCUT2D eigenvalue weighted by Gasteiger charge is 2.56. The molecule has 2 aromatic carbocycles. The first kappa shape index (κ1) is 29.2. The Hall–Kier alpha value is -4.79. The van der Waals surface area contributed by atoms with Crippen molar-refractivity contribution < 1.29 is 45.8 Å². The SMILES string of the molecule is CCOc1c(CC(N)=O)cc([C@@](O)(CNC(=O)c2cc(F)c3oc(N)nc3c2)C(F)(F)F)nc1-c1ccc(F)cc1. The molecule has 0 saturated heterocycles. The number of pyridine rings is 1. The van der Waals surface area contributed by atoms with Crippen molar-refractivity contribution >= 4 is 28.9 Å². The zero-order chi connectivity index (χ0) is 30.1. The molecule has 10 nitrogen and oxygen atoms in total. The average molecular weight is 579 g/mol. The van der Waals surface area contributed by atoms with Crippen LogP contribution in [0.4, 0.5) is 28.0 Å². The molecule has 15 heteroatoms. The van der Waals surface area contributed by atoms with E-state index in [4.69, 9.17) is 20.6 Å². The predicted octanol–water partition coefficient (Wildman–Crippen LogP) is 3.36. The van der Waals surface area contributed by atoms with Gasteiger partial charge < -0.3 is 31.0 Å². The van der Waals surface area contributed by atoms with Crippen LogP contribution in [0.15, 0.2) is 46.9 Å². The lowest BCUT2D eigenvalue weighted by Gasteiger charge is -2.31. The third-order valence-corrected chi connectivity index (χ3v) is 5.94. The molecule has 0 saturated carbocycles. The van der Waals surface area contributed by atoms with Gasteiger partial charge in [0.2, 0.25) is 11.5 Å². The topological polar surface area (TPSA) is 167 Å². The molecule has 0 aliphatic rings. The third kappa shape index (κ3) is 5.89. The number of nitrogens with one attached hydrogen (secondary N) is 1. The van der Waals surface area contributed by atoms with Crippen LogP contribution in [0, 0.1) is 11.6 Å². The van der Waals surface area contributed by atoms with Gasteiger partial charge in [0.05, 0.1) is 25.3 Å². The number of anilines is 1. The fourth-order valence-electron chi connectivity index (χ4n) is 4.01. The van der Waals surface area contributed by atoms with Crippen molar-refractivity contribution in [3.05, 3.63) is 70.9 Å². The second kappa shape index (κ2) is 11.0. The number of rotatable bonds is 9. The molecule has 0 unspecified atom stereocenters. The predicted molar refractivity (Wildman–Crippen MR) is 134 cm³/mol. The normalized spacial score (nSPS) is 13.1. The molecular weight excluding hydrogens is 557 g/mol. The van der Waals surface area contributed by atoms with E-state index in [1.807, 2.05) is 5.32 Å². The second-order valence-electron chi connectivity index (χ2n) is 8.83. The highest BCUT2D eigenvalue weighted by Crippen LogP contribution is 2.42. The number of nitrogens with two attached hydrogens (primary N) is 2. The number of alkyl halides is 3. The third-order valence-electron chi connectivity index (χ3n) is 5.94. The molecule has 1 atom stereocenters. The average Bonchev–Trinajstić information content (AvgIpc) is 3.28. The zero-order valence-electron chi connectivity index (χ0n) is 21.2. The molecule has 2 amide bonds. The van der Waals surface area contributed by atoms with Crippen molar-refractivity contribution in [2.45, 2.75) is 25.1 Å². The highest BCUT2D eigenvalue weighted by molar-refractivity contribution is 5.97. The number of amides is 2. The molecule has 4 aromatic rings.